The largest absolute Gasteiger partial charge is 0.488 e. The summed E-state index contributed by atoms with van der Waals surface area (Å²) in [5, 5.41) is 8.99. The number of aryl methyl sites for hydroxylation is 1. The molecule has 6 nitrogen and oxygen atoms in total. The Hall–Kier alpha value is -3.15. The molecule has 3 aromatic rings. The van der Waals surface area contributed by atoms with Crippen LogP contribution in [0.5, 0.6) is 5.75 Å². The Kier molecular flexibility index (Phi) is 4.79. The van der Waals surface area contributed by atoms with Gasteiger partial charge in [-0.05, 0) is 43.7 Å². The van der Waals surface area contributed by atoms with Crippen molar-refractivity contribution in [2.24, 2.45) is 0 Å². The first kappa shape index (κ1) is 16.7. The van der Waals surface area contributed by atoms with E-state index in [1.165, 1.54) is 0 Å². The number of ether oxygens (including phenoxy) is 2. The van der Waals surface area contributed by atoms with E-state index in [1.807, 2.05) is 49.4 Å². The molecule has 3 rings (SSSR count). The van der Waals surface area contributed by atoms with Gasteiger partial charge in [0.15, 0.2) is 0 Å². The van der Waals surface area contributed by atoms with Gasteiger partial charge in [0.1, 0.15) is 35.7 Å². The smallest absolute Gasteiger partial charge is 0.333 e. The lowest BCUT2D eigenvalue weighted by atomic mass is 10.2. The zero-order valence-corrected chi connectivity index (χ0v) is 14.2. The molecular weight excluding hydrogens is 318 g/mol. The molecule has 0 fully saturated rings. The first-order valence-electron chi connectivity index (χ1n) is 7.93. The topological polar surface area (TPSA) is 66.2 Å². The predicted molar refractivity (Wildman–Crippen MR) is 94.9 cm³/mol. The third kappa shape index (κ3) is 3.85. The molecule has 0 aliphatic heterocycles. The number of carbonyl (C=O) groups is 1. The summed E-state index contributed by atoms with van der Waals surface area (Å²) >= 11 is 0. The van der Waals surface area contributed by atoms with Crippen molar-refractivity contribution in [2.75, 3.05) is 13.2 Å². The number of hydrogen-bond acceptors (Lipinski definition) is 5. The van der Waals surface area contributed by atoms with Crippen molar-refractivity contribution in [1.29, 1.82) is 0 Å². The van der Waals surface area contributed by atoms with Crippen molar-refractivity contribution in [3.8, 4) is 11.4 Å². The van der Waals surface area contributed by atoms with E-state index in [4.69, 9.17) is 9.47 Å². The fourth-order valence-corrected chi connectivity index (χ4v) is 2.28. The van der Waals surface area contributed by atoms with Crippen molar-refractivity contribution in [1.82, 2.24) is 15.0 Å². The molecule has 25 heavy (non-hydrogen) atoms. The molecule has 0 atom stereocenters. The highest BCUT2D eigenvalue weighted by molar-refractivity contribution is 5.86. The van der Waals surface area contributed by atoms with Crippen molar-refractivity contribution < 1.29 is 14.3 Å². The number of benzene rings is 2. The lowest BCUT2D eigenvalue weighted by Crippen LogP contribution is -2.13. The Morgan fingerprint density at radius 2 is 1.80 bits per heavy atom. The molecule has 0 saturated carbocycles. The molecule has 0 saturated heterocycles. The van der Waals surface area contributed by atoms with Gasteiger partial charge in [0.25, 0.3) is 0 Å². The lowest BCUT2D eigenvalue weighted by Gasteiger charge is -2.11. The molecule has 0 radical (unpaired) electrons. The Balaban J connectivity index is 1.78. The third-order valence-electron chi connectivity index (χ3n) is 3.54. The van der Waals surface area contributed by atoms with Crippen LogP contribution >= 0.6 is 0 Å². The number of aromatic nitrogens is 3. The van der Waals surface area contributed by atoms with Gasteiger partial charge in [-0.2, -0.15) is 0 Å². The fraction of sp³-hybridized carbons (Fsp3) is 0.211. The number of nitrogens with zero attached hydrogens (tertiary/aromatic N) is 3. The Bertz CT molecular complexity index is 898. The van der Waals surface area contributed by atoms with Crippen molar-refractivity contribution in [3.63, 3.8) is 0 Å². The molecule has 0 aliphatic rings. The Morgan fingerprint density at radius 3 is 2.44 bits per heavy atom. The van der Waals surface area contributed by atoms with Gasteiger partial charge >= 0.3 is 5.97 Å². The summed E-state index contributed by atoms with van der Waals surface area (Å²) in [6, 6.07) is 13.4. The average Bonchev–Trinajstić information content (AvgIpc) is 3.03. The minimum atomic E-state index is -0.423. The van der Waals surface area contributed by atoms with E-state index in [0.717, 1.165) is 22.3 Å². The van der Waals surface area contributed by atoms with Crippen LogP contribution in [-0.2, 0) is 9.53 Å². The van der Waals surface area contributed by atoms with Crippen molar-refractivity contribution in [3.05, 3.63) is 60.2 Å². The first-order valence-corrected chi connectivity index (χ1v) is 7.93. The third-order valence-corrected chi connectivity index (χ3v) is 3.54. The van der Waals surface area contributed by atoms with Gasteiger partial charge in [0.05, 0.1) is 0 Å². The summed E-state index contributed by atoms with van der Waals surface area (Å²) in [6.45, 7) is 7.52. The van der Waals surface area contributed by atoms with E-state index < -0.39 is 5.97 Å². The highest BCUT2D eigenvalue weighted by Gasteiger charge is 2.11. The summed E-state index contributed by atoms with van der Waals surface area (Å²) in [5.41, 5.74) is 3.79. The highest BCUT2D eigenvalue weighted by atomic mass is 16.6. The van der Waals surface area contributed by atoms with E-state index in [1.54, 1.807) is 11.7 Å². The van der Waals surface area contributed by atoms with Crippen molar-refractivity contribution in [2.45, 2.75) is 13.8 Å². The number of hydrogen-bond donors (Lipinski definition) is 0. The van der Waals surface area contributed by atoms with Gasteiger partial charge in [-0.3, -0.25) is 0 Å². The first-order chi connectivity index (χ1) is 12.0. The van der Waals surface area contributed by atoms with E-state index in [0.29, 0.717) is 11.3 Å². The van der Waals surface area contributed by atoms with E-state index in [2.05, 4.69) is 16.8 Å². The zero-order valence-electron chi connectivity index (χ0n) is 14.2. The van der Waals surface area contributed by atoms with E-state index in [-0.39, 0.29) is 13.2 Å². The van der Waals surface area contributed by atoms with Crippen LogP contribution in [0, 0.1) is 6.92 Å². The highest BCUT2D eigenvalue weighted by Crippen LogP contribution is 2.24. The fourth-order valence-electron chi connectivity index (χ4n) is 2.28. The summed E-state index contributed by atoms with van der Waals surface area (Å²) in [7, 11) is 0. The second kappa shape index (κ2) is 7.17. The van der Waals surface area contributed by atoms with Gasteiger partial charge in [0, 0.05) is 5.57 Å². The Morgan fingerprint density at radius 1 is 1.12 bits per heavy atom. The second-order valence-corrected chi connectivity index (χ2v) is 5.71. The maximum absolute atomic E-state index is 11.4. The quantitative estimate of drug-likeness (QED) is 0.392. The van der Waals surface area contributed by atoms with Crippen LogP contribution in [0.4, 0.5) is 0 Å². The molecule has 1 aromatic heterocycles. The van der Waals surface area contributed by atoms with Crippen LogP contribution in [0.1, 0.15) is 12.5 Å². The van der Waals surface area contributed by atoms with Gasteiger partial charge < -0.3 is 9.47 Å². The SMILES string of the molecule is C=C(C)C(=O)OCCOc1ccc(C)cc1-n1nc2ccccc2n1. The number of esters is 1. The summed E-state index contributed by atoms with van der Waals surface area (Å²) < 4.78 is 10.8. The monoisotopic (exact) mass is 337 g/mol. The number of carbonyl (C=O) groups excluding carboxylic acids is 1. The second-order valence-electron chi connectivity index (χ2n) is 5.71. The average molecular weight is 337 g/mol. The molecule has 6 heteroatoms. The van der Waals surface area contributed by atoms with Gasteiger partial charge in [-0.25, -0.2) is 4.79 Å². The number of fused-ring (bicyclic) bond motifs is 1. The maximum atomic E-state index is 11.4. The van der Waals surface area contributed by atoms with Crippen LogP contribution in [0.25, 0.3) is 16.7 Å². The number of rotatable bonds is 6. The van der Waals surface area contributed by atoms with Crippen LogP contribution in [-0.4, -0.2) is 34.2 Å². The maximum Gasteiger partial charge on any atom is 0.333 e. The normalized spacial score (nSPS) is 10.6. The lowest BCUT2D eigenvalue weighted by molar-refractivity contribution is -0.139. The molecule has 2 aromatic carbocycles. The molecule has 0 aliphatic carbocycles. The molecule has 0 amide bonds. The molecular formula is C19H19N3O3. The van der Waals surface area contributed by atoms with E-state index >= 15 is 0 Å². The summed E-state index contributed by atoms with van der Waals surface area (Å²) in [4.78, 5) is 12.9. The van der Waals surface area contributed by atoms with Crippen LogP contribution in [0.3, 0.4) is 0 Å². The molecule has 0 bridgehead atoms. The summed E-state index contributed by atoms with van der Waals surface area (Å²) in [6.07, 6.45) is 0. The summed E-state index contributed by atoms with van der Waals surface area (Å²) in [5.74, 6) is 0.199. The van der Waals surface area contributed by atoms with Crippen LogP contribution < -0.4 is 4.74 Å². The molecule has 0 spiro atoms. The molecule has 128 valence electrons. The minimum absolute atomic E-state index is 0.146. The minimum Gasteiger partial charge on any atom is -0.488 e. The molecule has 0 N–H and O–H groups in total. The van der Waals surface area contributed by atoms with Gasteiger partial charge in [0.2, 0.25) is 0 Å². The Labute approximate surface area is 145 Å². The van der Waals surface area contributed by atoms with E-state index in [9.17, 15) is 4.79 Å². The van der Waals surface area contributed by atoms with Crippen LogP contribution in [0.2, 0.25) is 0 Å². The standard InChI is InChI=1S/C19H19N3O3/c1-13(2)19(23)25-11-10-24-18-9-8-14(3)12-17(18)22-20-15-6-4-5-7-16(15)21-22/h4-9,12H,1,10-11H2,2-3H3. The predicted octanol–water partition coefficient (Wildman–Crippen LogP) is 3.23. The molecule has 0 unspecified atom stereocenters. The zero-order chi connectivity index (χ0) is 17.8. The molecule has 1 heterocycles. The van der Waals surface area contributed by atoms with Gasteiger partial charge in [-0.15, -0.1) is 15.0 Å². The van der Waals surface area contributed by atoms with Crippen molar-refractivity contribution >= 4 is 17.0 Å². The van der Waals surface area contributed by atoms with Gasteiger partial charge in [-0.1, -0.05) is 24.8 Å². The van der Waals surface area contributed by atoms with Crippen LogP contribution in [0.15, 0.2) is 54.6 Å².